The molecule has 0 bridgehead atoms. The molecule has 0 amide bonds. The van der Waals surface area contributed by atoms with Crippen molar-refractivity contribution in [3.05, 3.63) is 0 Å². The molecule has 1 unspecified atom stereocenters. The molecule has 116 valence electrons. The number of methoxy groups -OCH3 is 1. The summed E-state index contributed by atoms with van der Waals surface area (Å²) in [7, 11) is 1.37. The predicted octanol–water partition coefficient (Wildman–Crippen LogP) is 0.285. The molecule has 3 N–H and O–H groups in total. The Morgan fingerprint density at radius 2 is 1.84 bits per heavy atom. The normalized spacial score (nSPS) is 18.0. The Bertz CT molecular complexity index is 200. The number of rotatable bonds is 12. The van der Waals surface area contributed by atoms with Crippen molar-refractivity contribution in [3.8, 4) is 0 Å². The lowest BCUT2D eigenvalue weighted by Gasteiger charge is -2.27. The lowest BCUT2D eigenvalue weighted by atomic mass is 10.2. The SMILES string of the molecule is CCCCCOCC(O[C@H](OC)[C@H](O)CO)[C@H](C)O. The summed E-state index contributed by atoms with van der Waals surface area (Å²) in [5, 5.41) is 27.9. The zero-order valence-electron chi connectivity index (χ0n) is 12.1. The molecule has 0 fully saturated rings. The highest BCUT2D eigenvalue weighted by Gasteiger charge is 2.26. The lowest BCUT2D eigenvalue weighted by Crippen LogP contribution is -2.42. The molecular weight excluding hydrogens is 252 g/mol. The Morgan fingerprint density at radius 1 is 1.16 bits per heavy atom. The molecular formula is C13H28O6. The van der Waals surface area contributed by atoms with Crippen molar-refractivity contribution in [2.24, 2.45) is 0 Å². The van der Waals surface area contributed by atoms with Gasteiger partial charge in [0.2, 0.25) is 0 Å². The lowest BCUT2D eigenvalue weighted by molar-refractivity contribution is -0.232. The van der Waals surface area contributed by atoms with Crippen LogP contribution in [0, 0.1) is 0 Å². The van der Waals surface area contributed by atoms with E-state index in [9.17, 15) is 10.2 Å². The van der Waals surface area contributed by atoms with Crippen LogP contribution in [0.1, 0.15) is 33.1 Å². The van der Waals surface area contributed by atoms with Gasteiger partial charge in [-0.05, 0) is 13.3 Å². The van der Waals surface area contributed by atoms with Gasteiger partial charge in [0.25, 0.3) is 0 Å². The second-order valence-electron chi connectivity index (χ2n) is 4.55. The van der Waals surface area contributed by atoms with Crippen molar-refractivity contribution in [1.29, 1.82) is 0 Å². The Balaban J connectivity index is 4.09. The van der Waals surface area contributed by atoms with Gasteiger partial charge >= 0.3 is 0 Å². The minimum Gasteiger partial charge on any atom is -0.393 e. The number of hydrogen-bond donors (Lipinski definition) is 3. The van der Waals surface area contributed by atoms with Crippen LogP contribution in [-0.2, 0) is 14.2 Å². The molecule has 0 saturated carbocycles. The van der Waals surface area contributed by atoms with E-state index in [0.29, 0.717) is 6.61 Å². The molecule has 0 saturated heterocycles. The third kappa shape index (κ3) is 8.52. The molecule has 6 heteroatoms. The minimum absolute atomic E-state index is 0.222. The fraction of sp³-hybridized carbons (Fsp3) is 1.00. The van der Waals surface area contributed by atoms with Gasteiger partial charge in [0, 0.05) is 13.7 Å². The van der Waals surface area contributed by atoms with E-state index in [4.69, 9.17) is 19.3 Å². The first kappa shape index (κ1) is 18.8. The average Bonchev–Trinajstić information content (AvgIpc) is 2.40. The highest BCUT2D eigenvalue weighted by atomic mass is 16.7. The molecule has 19 heavy (non-hydrogen) atoms. The van der Waals surface area contributed by atoms with Crippen LogP contribution < -0.4 is 0 Å². The van der Waals surface area contributed by atoms with E-state index >= 15 is 0 Å². The van der Waals surface area contributed by atoms with Gasteiger partial charge in [-0.25, -0.2) is 0 Å². The van der Waals surface area contributed by atoms with E-state index < -0.39 is 31.2 Å². The van der Waals surface area contributed by atoms with E-state index in [1.54, 1.807) is 6.92 Å². The van der Waals surface area contributed by atoms with Crippen molar-refractivity contribution in [2.45, 2.75) is 57.7 Å². The van der Waals surface area contributed by atoms with Crippen LogP contribution in [0.2, 0.25) is 0 Å². The Morgan fingerprint density at radius 3 is 2.32 bits per heavy atom. The summed E-state index contributed by atoms with van der Waals surface area (Å²) in [5.41, 5.74) is 0. The number of aliphatic hydroxyl groups excluding tert-OH is 3. The topological polar surface area (TPSA) is 88.4 Å². The van der Waals surface area contributed by atoms with Crippen LogP contribution in [0.15, 0.2) is 0 Å². The smallest absolute Gasteiger partial charge is 0.185 e. The maximum absolute atomic E-state index is 9.61. The van der Waals surface area contributed by atoms with Crippen LogP contribution in [0.3, 0.4) is 0 Å². The van der Waals surface area contributed by atoms with E-state index in [0.717, 1.165) is 19.3 Å². The van der Waals surface area contributed by atoms with Crippen molar-refractivity contribution in [1.82, 2.24) is 0 Å². The second kappa shape index (κ2) is 11.6. The monoisotopic (exact) mass is 280 g/mol. The molecule has 0 aromatic carbocycles. The summed E-state index contributed by atoms with van der Waals surface area (Å²) in [6, 6.07) is 0. The highest BCUT2D eigenvalue weighted by molar-refractivity contribution is 4.68. The largest absolute Gasteiger partial charge is 0.393 e. The van der Waals surface area contributed by atoms with E-state index in [1.165, 1.54) is 7.11 Å². The molecule has 0 aromatic rings. The van der Waals surface area contributed by atoms with E-state index in [2.05, 4.69) is 6.92 Å². The molecule has 4 atom stereocenters. The van der Waals surface area contributed by atoms with Crippen LogP contribution in [0.25, 0.3) is 0 Å². The van der Waals surface area contributed by atoms with Gasteiger partial charge in [0.1, 0.15) is 12.2 Å². The summed E-state index contributed by atoms with van der Waals surface area (Å²) in [6.07, 6.45) is -0.300. The van der Waals surface area contributed by atoms with Crippen molar-refractivity contribution >= 4 is 0 Å². The van der Waals surface area contributed by atoms with Crippen molar-refractivity contribution in [2.75, 3.05) is 26.9 Å². The predicted molar refractivity (Wildman–Crippen MR) is 70.8 cm³/mol. The third-order valence-corrected chi connectivity index (χ3v) is 2.75. The summed E-state index contributed by atoms with van der Waals surface area (Å²) in [4.78, 5) is 0. The van der Waals surface area contributed by atoms with Crippen LogP contribution in [-0.4, -0.2) is 66.9 Å². The molecule has 0 aliphatic heterocycles. The van der Waals surface area contributed by atoms with Crippen LogP contribution >= 0.6 is 0 Å². The molecule has 0 aliphatic carbocycles. The van der Waals surface area contributed by atoms with Gasteiger partial charge in [0.15, 0.2) is 6.29 Å². The number of hydrogen-bond acceptors (Lipinski definition) is 6. The number of unbranched alkanes of at least 4 members (excludes halogenated alkanes) is 2. The first-order valence-electron chi connectivity index (χ1n) is 6.79. The number of aliphatic hydroxyl groups is 3. The van der Waals surface area contributed by atoms with Crippen LogP contribution in [0.5, 0.6) is 0 Å². The minimum atomic E-state index is -1.15. The molecule has 0 spiro atoms. The maximum Gasteiger partial charge on any atom is 0.185 e. The Labute approximate surface area is 115 Å². The zero-order chi connectivity index (χ0) is 14.7. The number of ether oxygens (including phenoxy) is 3. The average molecular weight is 280 g/mol. The van der Waals surface area contributed by atoms with Gasteiger partial charge < -0.3 is 29.5 Å². The van der Waals surface area contributed by atoms with Gasteiger partial charge in [-0.15, -0.1) is 0 Å². The fourth-order valence-corrected chi connectivity index (χ4v) is 1.51. The van der Waals surface area contributed by atoms with Gasteiger partial charge in [-0.3, -0.25) is 0 Å². The summed E-state index contributed by atoms with van der Waals surface area (Å²) in [5.74, 6) is 0. The standard InChI is InChI=1S/C13H28O6/c1-4-5-6-7-18-9-12(10(2)15)19-13(17-3)11(16)8-14/h10-16H,4-9H2,1-3H3/t10-,11+,12?,13-/m0/s1. The van der Waals surface area contributed by atoms with Gasteiger partial charge in [0.05, 0.1) is 19.3 Å². The Kier molecular flexibility index (Phi) is 11.4. The molecule has 0 rings (SSSR count). The first-order valence-corrected chi connectivity index (χ1v) is 6.79. The van der Waals surface area contributed by atoms with Crippen molar-refractivity contribution in [3.63, 3.8) is 0 Å². The third-order valence-electron chi connectivity index (χ3n) is 2.75. The summed E-state index contributed by atoms with van der Waals surface area (Å²) in [6.45, 7) is 4.06. The maximum atomic E-state index is 9.61. The van der Waals surface area contributed by atoms with Crippen molar-refractivity contribution < 1.29 is 29.5 Å². The molecule has 6 nitrogen and oxygen atoms in total. The summed E-state index contributed by atoms with van der Waals surface area (Å²) < 4.78 is 15.8. The van der Waals surface area contributed by atoms with E-state index in [-0.39, 0.29) is 6.61 Å². The quantitative estimate of drug-likeness (QED) is 0.352. The Hall–Kier alpha value is -0.240. The van der Waals surface area contributed by atoms with E-state index in [1.807, 2.05) is 0 Å². The zero-order valence-corrected chi connectivity index (χ0v) is 12.1. The molecule has 0 radical (unpaired) electrons. The fourth-order valence-electron chi connectivity index (χ4n) is 1.51. The molecule has 0 aromatic heterocycles. The highest BCUT2D eigenvalue weighted by Crippen LogP contribution is 2.09. The first-order chi connectivity index (χ1) is 9.06. The summed E-state index contributed by atoms with van der Waals surface area (Å²) >= 11 is 0. The molecule has 0 heterocycles. The van der Waals surface area contributed by atoms with Gasteiger partial charge in [-0.2, -0.15) is 0 Å². The van der Waals surface area contributed by atoms with Gasteiger partial charge in [-0.1, -0.05) is 19.8 Å². The second-order valence-corrected chi connectivity index (χ2v) is 4.55. The van der Waals surface area contributed by atoms with Crippen LogP contribution in [0.4, 0.5) is 0 Å². The molecule has 0 aliphatic rings.